The van der Waals surface area contributed by atoms with Crippen LogP contribution in [0.3, 0.4) is 0 Å². The lowest BCUT2D eigenvalue weighted by Gasteiger charge is -2.31. The molecule has 0 aliphatic carbocycles. The zero-order valence-electron chi connectivity index (χ0n) is 9.03. The molecule has 0 saturated carbocycles. The molecule has 1 N–H and O–H groups in total. The molecular weight excluding hydrogens is 242 g/mol. The van der Waals surface area contributed by atoms with Gasteiger partial charge in [-0.05, 0) is 20.3 Å². The number of carboxylic acid groups (broad SMARTS) is 1. The molecule has 0 amide bonds. The number of sulfone groups is 1. The molecule has 1 saturated heterocycles. The number of aliphatic carboxylic acids is 1. The molecule has 1 unspecified atom stereocenters. The van der Waals surface area contributed by atoms with Gasteiger partial charge in [-0.1, -0.05) is 0 Å². The van der Waals surface area contributed by atoms with Crippen LogP contribution in [0.4, 0.5) is 8.78 Å². The van der Waals surface area contributed by atoms with Gasteiger partial charge in [0, 0.05) is 5.92 Å². The lowest BCUT2D eigenvalue weighted by molar-refractivity contribution is -0.150. The molecule has 1 aliphatic rings. The van der Waals surface area contributed by atoms with Crippen molar-refractivity contribution in [3.05, 3.63) is 0 Å². The molecule has 1 rings (SSSR count). The molecule has 1 aliphatic heterocycles. The topological polar surface area (TPSA) is 71.4 Å². The summed E-state index contributed by atoms with van der Waals surface area (Å²) in [4.78, 5) is 10.3. The maximum Gasteiger partial charge on any atom is 0.309 e. The first-order valence-electron chi connectivity index (χ1n) is 4.82. The molecule has 94 valence electrons. The van der Waals surface area contributed by atoms with E-state index in [1.54, 1.807) is 0 Å². The van der Waals surface area contributed by atoms with E-state index in [0.29, 0.717) is 0 Å². The first-order chi connectivity index (χ1) is 7.01. The van der Waals surface area contributed by atoms with Gasteiger partial charge in [0.05, 0.1) is 10.5 Å². The Kier molecular flexibility index (Phi) is 3.04. The summed E-state index contributed by atoms with van der Waals surface area (Å²) < 4.78 is 48.7. The van der Waals surface area contributed by atoms with E-state index in [2.05, 4.69) is 0 Å². The lowest BCUT2D eigenvalue weighted by atomic mass is 9.85. The molecule has 1 atom stereocenters. The molecule has 7 heteroatoms. The van der Waals surface area contributed by atoms with Crippen molar-refractivity contribution in [2.45, 2.75) is 37.4 Å². The van der Waals surface area contributed by atoms with E-state index >= 15 is 0 Å². The largest absolute Gasteiger partial charge is 0.481 e. The summed E-state index contributed by atoms with van der Waals surface area (Å²) >= 11 is 0. The smallest absolute Gasteiger partial charge is 0.309 e. The molecule has 4 nitrogen and oxygen atoms in total. The van der Waals surface area contributed by atoms with Crippen molar-refractivity contribution in [2.75, 3.05) is 5.75 Å². The highest BCUT2D eigenvalue weighted by molar-refractivity contribution is 7.93. The molecule has 1 fully saturated rings. The molecule has 0 aromatic carbocycles. The number of hydrogen-bond acceptors (Lipinski definition) is 3. The van der Waals surface area contributed by atoms with Gasteiger partial charge < -0.3 is 5.11 Å². The molecule has 1 heterocycles. The summed E-state index contributed by atoms with van der Waals surface area (Å²) in [6, 6.07) is 0. The van der Waals surface area contributed by atoms with E-state index in [0.717, 1.165) is 0 Å². The standard InChI is InChI=1S/C9H14F2O4S/c1-8(2)6(3-4-16(8,14)15)9(10,11)5-7(12)13/h6H,3-5H2,1-2H3,(H,12,13). The van der Waals surface area contributed by atoms with Gasteiger partial charge in [0.25, 0.3) is 5.92 Å². The van der Waals surface area contributed by atoms with Crippen molar-refractivity contribution in [3.63, 3.8) is 0 Å². The van der Waals surface area contributed by atoms with E-state index < -0.39 is 38.8 Å². The second kappa shape index (κ2) is 3.65. The van der Waals surface area contributed by atoms with Crippen LogP contribution >= 0.6 is 0 Å². The third-order valence-electron chi connectivity index (χ3n) is 3.21. The van der Waals surface area contributed by atoms with E-state index in [-0.39, 0.29) is 12.2 Å². The van der Waals surface area contributed by atoms with Gasteiger partial charge in [-0.15, -0.1) is 0 Å². The monoisotopic (exact) mass is 256 g/mol. The Bertz CT molecular complexity index is 400. The SMILES string of the molecule is CC1(C)C(C(F)(F)CC(=O)O)CCS1(=O)=O. The summed E-state index contributed by atoms with van der Waals surface area (Å²) in [5.41, 5.74) is 0. The van der Waals surface area contributed by atoms with E-state index in [1.807, 2.05) is 0 Å². The zero-order valence-corrected chi connectivity index (χ0v) is 9.85. The zero-order chi connectivity index (χ0) is 12.8. The summed E-state index contributed by atoms with van der Waals surface area (Å²) in [7, 11) is -3.57. The van der Waals surface area contributed by atoms with Crippen LogP contribution in [-0.2, 0) is 14.6 Å². The third-order valence-corrected chi connectivity index (χ3v) is 5.87. The van der Waals surface area contributed by atoms with E-state index in [1.165, 1.54) is 13.8 Å². The second-order valence-electron chi connectivity index (χ2n) is 4.60. The fourth-order valence-corrected chi connectivity index (χ4v) is 3.94. The van der Waals surface area contributed by atoms with Gasteiger partial charge in [0.1, 0.15) is 6.42 Å². The number of carboxylic acids is 1. The Balaban J connectivity index is 3.04. The third kappa shape index (κ3) is 2.05. The lowest BCUT2D eigenvalue weighted by Crippen LogP contribution is -2.44. The highest BCUT2D eigenvalue weighted by Crippen LogP contribution is 2.47. The Hall–Kier alpha value is -0.720. The van der Waals surface area contributed by atoms with E-state index in [9.17, 15) is 22.0 Å². The van der Waals surface area contributed by atoms with Crippen LogP contribution in [0.2, 0.25) is 0 Å². The highest BCUT2D eigenvalue weighted by atomic mass is 32.2. The van der Waals surface area contributed by atoms with Gasteiger partial charge in [-0.3, -0.25) is 4.79 Å². The second-order valence-corrected chi connectivity index (χ2v) is 7.29. The van der Waals surface area contributed by atoms with Crippen molar-refractivity contribution >= 4 is 15.8 Å². The van der Waals surface area contributed by atoms with Crippen LogP contribution in [0.25, 0.3) is 0 Å². The number of hydrogen-bond donors (Lipinski definition) is 1. The van der Waals surface area contributed by atoms with Crippen LogP contribution < -0.4 is 0 Å². The highest BCUT2D eigenvalue weighted by Gasteiger charge is 2.58. The molecule has 16 heavy (non-hydrogen) atoms. The van der Waals surface area contributed by atoms with E-state index in [4.69, 9.17) is 5.11 Å². The first kappa shape index (κ1) is 13.3. The van der Waals surface area contributed by atoms with Crippen molar-refractivity contribution in [1.29, 1.82) is 0 Å². The Morgan fingerprint density at radius 2 is 2.00 bits per heavy atom. The summed E-state index contributed by atoms with van der Waals surface area (Å²) in [6.07, 6.45) is -1.51. The number of alkyl halides is 2. The van der Waals surface area contributed by atoms with Crippen LogP contribution in [-0.4, -0.2) is 35.9 Å². The van der Waals surface area contributed by atoms with Gasteiger partial charge in [-0.25, -0.2) is 17.2 Å². The normalized spacial score (nSPS) is 27.9. The minimum absolute atomic E-state index is 0.185. The summed E-state index contributed by atoms with van der Waals surface area (Å²) in [5.74, 6) is -6.84. The molecule has 0 aromatic rings. The van der Waals surface area contributed by atoms with Crippen molar-refractivity contribution in [2.24, 2.45) is 5.92 Å². The molecule has 0 radical (unpaired) electrons. The molecule has 0 spiro atoms. The molecule has 0 bridgehead atoms. The minimum atomic E-state index is -3.57. The quantitative estimate of drug-likeness (QED) is 0.826. The van der Waals surface area contributed by atoms with Crippen molar-refractivity contribution in [3.8, 4) is 0 Å². The Labute approximate surface area is 92.6 Å². The predicted molar refractivity (Wildman–Crippen MR) is 53.2 cm³/mol. The van der Waals surface area contributed by atoms with Gasteiger partial charge >= 0.3 is 5.97 Å². The van der Waals surface area contributed by atoms with Crippen molar-refractivity contribution < 1.29 is 27.1 Å². The average Bonchev–Trinajstić information content (AvgIpc) is 2.18. The predicted octanol–water partition coefficient (Wildman–Crippen LogP) is 1.31. The van der Waals surface area contributed by atoms with Gasteiger partial charge in [0.15, 0.2) is 9.84 Å². The number of rotatable bonds is 3. The van der Waals surface area contributed by atoms with Crippen LogP contribution in [0.15, 0.2) is 0 Å². The van der Waals surface area contributed by atoms with Crippen LogP contribution in [0.5, 0.6) is 0 Å². The fourth-order valence-electron chi connectivity index (χ4n) is 2.14. The maximum absolute atomic E-state index is 13.6. The Morgan fingerprint density at radius 1 is 1.50 bits per heavy atom. The van der Waals surface area contributed by atoms with Crippen molar-refractivity contribution in [1.82, 2.24) is 0 Å². The van der Waals surface area contributed by atoms with Crippen LogP contribution in [0, 0.1) is 5.92 Å². The molecular formula is C9H14F2O4S. The van der Waals surface area contributed by atoms with Gasteiger partial charge in [-0.2, -0.15) is 0 Å². The average molecular weight is 256 g/mol. The maximum atomic E-state index is 13.6. The number of halogens is 2. The minimum Gasteiger partial charge on any atom is -0.481 e. The fraction of sp³-hybridized carbons (Fsp3) is 0.889. The van der Waals surface area contributed by atoms with Gasteiger partial charge in [0.2, 0.25) is 0 Å². The summed E-state index contributed by atoms with van der Waals surface area (Å²) in [6.45, 7) is 2.46. The van der Waals surface area contributed by atoms with Crippen LogP contribution in [0.1, 0.15) is 26.7 Å². The summed E-state index contributed by atoms with van der Waals surface area (Å²) in [5, 5.41) is 8.38. The molecule has 0 aromatic heterocycles. The Morgan fingerprint density at radius 3 is 2.31 bits per heavy atom. The first-order valence-corrected chi connectivity index (χ1v) is 6.48. The number of carbonyl (C=O) groups is 1.